The van der Waals surface area contributed by atoms with Crippen LogP contribution in [0.1, 0.15) is 76.1 Å². The van der Waals surface area contributed by atoms with Crippen molar-refractivity contribution in [1.29, 1.82) is 0 Å². The van der Waals surface area contributed by atoms with E-state index in [2.05, 4.69) is 16.0 Å². The minimum absolute atomic E-state index is 0.00155. The van der Waals surface area contributed by atoms with Crippen molar-refractivity contribution in [2.24, 2.45) is 0 Å². The van der Waals surface area contributed by atoms with Crippen molar-refractivity contribution < 1.29 is 38.2 Å². The Kier molecular flexibility index (Phi) is 12.0. The first kappa shape index (κ1) is 32.2. The number of fused-ring (bicyclic) bond motifs is 1. The topological polar surface area (TPSA) is 152 Å². The molecule has 0 bridgehead atoms. The van der Waals surface area contributed by atoms with E-state index in [4.69, 9.17) is 14.2 Å². The maximum atomic E-state index is 12.7. The molecule has 0 fully saturated rings. The van der Waals surface area contributed by atoms with Gasteiger partial charge in [0, 0.05) is 6.54 Å². The first-order valence-electron chi connectivity index (χ1n) is 12.5. The van der Waals surface area contributed by atoms with Crippen LogP contribution in [-0.4, -0.2) is 78.5 Å². The molecule has 0 spiro atoms. The maximum absolute atomic E-state index is 12.7. The van der Waals surface area contributed by atoms with Gasteiger partial charge in [-0.2, -0.15) is 0 Å². The summed E-state index contributed by atoms with van der Waals surface area (Å²) in [5.41, 5.74) is -0.884. The number of imide groups is 1. The van der Waals surface area contributed by atoms with Crippen LogP contribution < -0.4 is 16.0 Å². The lowest BCUT2D eigenvalue weighted by Gasteiger charge is -2.25. The molecule has 0 aliphatic carbocycles. The third-order valence-electron chi connectivity index (χ3n) is 4.50. The van der Waals surface area contributed by atoms with Gasteiger partial charge in [0.05, 0.1) is 30.3 Å². The average Bonchev–Trinajstić information content (AvgIpc) is 3.04. The summed E-state index contributed by atoms with van der Waals surface area (Å²) >= 11 is 0. The smallest absolute Gasteiger partial charge is 0.407 e. The molecular formula is C26H40N4O8. The molecule has 3 N–H and O–H groups in total. The van der Waals surface area contributed by atoms with Gasteiger partial charge >= 0.3 is 18.3 Å². The number of carbonyl (C=O) groups is 5. The second-order valence-corrected chi connectivity index (χ2v) is 10.1. The molecule has 1 aromatic rings. The molecule has 1 unspecified atom stereocenters. The molecule has 12 nitrogen and oxygen atoms in total. The van der Waals surface area contributed by atoms with Gasteiger partial charge in [-0.25, -0.2) is 14.4 Å². The van der Waals surface area contributed by atoms with Gasteiger partial charge in [0.1, 0.15) is 17.8 Å². The number of nitrogens with zero attached hydrogens (tertiary/aromatic N) is 1. The highest BCUT2D eigenvalue weighted by molar-refractivity contribution is 6.21. The first-order chi connectivity index (χ1) is 17.7. The fourth-order valence-corrected chi connectivity index (χ4v) is 3.13. The summed E-state index contributed by atoms with van der Waals surface area (Å²) in [6.07, 6.45) is -2.25. The van der Waals surface area contributed by atoms with Crippen molar-refractivity contribution in [3.8, 4) is 0 Å². The van der Waals surface area contributed by atoms with Crippen molar-refractivity contribution in [2.45, 2.75) is 72.6 Å². The lowest BCUT2D eigenvalue weighted by Crippen LogP contribution is -2.52. The molecule has 1 aliphatic heterocycles. The van der Waals surface area contributed by atoms with E-state index >= 15 is 0 Å². The van der Waals surface area contributed by atoms with Crippen molar-refractivity contribution in [3.05, 3.63) is 35.4 Å². The van der Waals surface area contributed by atoms with Crippen LogP contribution in [0.15, 0.2) is 24.3 Å². The molecule has 212 valence electrons. The van der Waals surface area contributed by atoms with Gasteiger partial charge in [-0.05, 0) is 53.7 Å². The van der Waals surface area contributed by atoms with Crippen LogP contribution in [0.2, 0.25) is 0 Å². The Morgan fingerprint density at radius 2 is 1.29 bits per heavy atom. The summed E-state index contributed by atoms with van der Waals surface area (Å²) in [6, 6.07) is 5.50. The number of amides is 5. The summed E-state index contributed by atoms with van der Waals surface area (Å²) in [4.78, 5) is 62.5. The summed E-state index contributed by atoms with van der Waals surface area (Å²) in [5.74, 6) is -1.01. The summed E-state index contributed by atoms with van der Waals surface area (Å²) in [7, 11) is 0. The van der Waals surface area contributed by atoms with Crippen molar-refractivity contribution in [2.75, 3.05) is 26.2 Å². The van der Waals surface area contributed by atoms with E-state index in [9.17, 15) is 24.0 Å². The van der Waals surface area contributed by atoms with Crippen LogP contribution in [0.3, 0.4) is 0 Å². The van der Waals surface area contributed by atoms with Crippen LogP contribution in [0, 0.1) is 0 Å². The van der Waals surface area contributed by atoms with E-state index in [0.717, 1.165) is 4.90 Å². The Morgan fingerprint density at radius 1 is 0.816 bits per heavy atom. The molecule has 1 aromatic carbocycles. The first-order valence-corrected chi connectivity index (χ1v) is 12.5. The average molecular weight is 537 g/mol. The van der Waals surface area contributed by atoms with E-state index < -0.39 is 47.3 Å². The van der Waals surface area contributed by atoms with Gasteiger partial charge in [0.15, 0.2) is 0 Å². The molecule has 0 aromatic heterocycles. The van der Waals surface area contributed by atoms with Crippen molar-refractivity contribution >= 4 is 30.1 Å². The Labute approximate surface area is 223 Å². The lowest BCUT2D eigenvalue weighted by atomic mass is 10.1. The molecule has 2 rings (SSSR count). The van der Waals surface area contributed by atoms with E-state index in [1.54, 1.807) is 65.8 Å². The molecule has 12 heteroatoms. The minimum Gasteiger partial charge on any atom is -0.448 e. The number of benzene rings is 1. The van der Waals surface area contributed by atoms with Gasteiger partial charge < -0.3 is 30.2 Å². The number of carbonyl (C=O) groups excluding carboxylic acids is 5. The number of rotatable bonds is 8. The normalized spacial score (nSPS) is 13.4. The highest BCUT2D eigenvalue weighted by Crippen LogP contribution is 2.22. The summed E-state index contributed by atoms with van der Waals surface area (Å²) in [6.45, 7) is 13.7. The lowest BCUT2D eigenvalue weighted by molar-refractivity contribution is 0.0508. The predicted molar refractivity (Wildman–Crippen MR) is 140 cm³/mol. The third kappa shape index (κ3) is 11.1. The quantitative estimate of drug-likeness (QED) is 0.259. The molecule has 1 atom stereocenters. The maximum Gasteiger partial charge on any atom is 0.407 e. The number of alkyl carbamates (subject to hydrolysis) is 3. The Bertz CT molecular complexity index is 963. The number of hydrogen-bond acceptors (Lipinski definition) is 8. The Balaban J connectivity index is 0.00000352. The van der Waals surface area contributed by atoms with E-state index in [0.29, 0.717) is 0 Å². The molecule has 0 saturated carbocycles. The van der Waals surface area contributed by atoms with E-state index in [1.807, 2.05) is 13.8 Å². The molecule has 1 heterocycles. The molecule has 5 amide bonds. The molecule has 0 radical (unpaired) electrons. The summed E-state index contributed by atoms with van der Waals surface area (Å²) < 4.78 is 15.4. The molecule has 38 heavy (non-hydrogen) atoms. The van der Waals surface area contributed by atoms with Gasteiger partial charge in [0.25, 0.3) is 11.8 Å². The second-order valence-electron chi connectivity index (χ2n) is 10.1. The Hall–Kier alpha value is -3.83. The fraction of sp³-hybridized carbons (Fsp3) is 0.577. The molecule has 0 saturated heterocycles. The predicted octanol–water partition coefficient (Wildman–Crippen LogP) is 3.45. The van der Waals surface area contributed by atoms with E-state index in [1.165, 1.54) is 0 Å². The largest absolute Gasteiger partial charge is 0.448 e. The monoisotopic (exact) mass is 536 g/mol. The summed E-state index contributed by atoms with van der Waals surface area (Å²) in [5, 5.41) is 7.51. The highest BCUT2D eigenvalue weighted by Gasteiger charge is 2.37. The minimum atomic E-state index is -0.883. The zero-order valence-electron chi connectivity index (χ0n) is 23.4. The SMILES string of the molecule is CC.CC(C)(C)OC(=O)NCCOC(=O)NC(CNC(=O)OC(C)(C)C)CN1C(=O)c2ccccc2C1=O. The van der Waals surface area contributed by atoms with Crippen molar-refractivity contribution in [3.63, 3.8) is 0 Å². The van der Waals surface area contributed by atoms with Crippen molar-refractivity contribution in [1.82, 2.24) is 20.9 Å². The standard InChI is InChI=1S/C24H34N4O8.C2H6/c1-23(2,3)35-20(31)25-11-12-34-22(33)27-15(13-26-21(32)36-24(4,5)6)14-28-18(29)16-9-7-8-10-17(16)19(28)30;1-2/h7-10,15H,11-14H2,1-6H3,(H,25,31)(H,26,32)(H,27,33);1-2H3. The number of nitrogens with one attached hydrogen (secondary N) is 3. The zero-order valence-corrected chi connectivity index (χ0v) is 23.4. The van der Waals surface area contributed by atoms with Gasteiger partial charge in [-0.15, -0.1) is 0 Å². The van der Waals surface area contributed by atoms with Crippen LogP contribution in [-0.2, 0) is 14.2 Å². The molecule has 1 aliphatic rings. The fourth-order valence-electron chi connectivity index (χ4n) is 3.13. The second kappa shape index (κ2) is 14.2. The van der Waals surface area contributed by atoms with Crippen LogP contribution >= 0.6 is 0 Å². The van der Waals surface area contributed by atoms with Crippen LogP contribution in [0.25, 0.3) is 0 Å². The molecular weight excluding hydrogens is 496 g/mol. The van der Waals surface area contributed by atoms with E-state index in [-0.39, 0.29) is 37.4 Å². The van der Waals surface area contributed by atoms with Gasteiger partial charge in [0.2, 0.25) is 0 Å². The number of ether oxygens (including phenoxy) is 3. The van der Waals surface area contributed by atoms with Gasteiger partial charge in [-0.1, -0.05) is 26.0 Å². The van der Waals surface area contributed by atoms with Crippen LogP contribution in [0.5, 0.6) is 0 Å². The highest BCUT2D eigenvalue weighted by atomic mass is 16.6. The zero-order chi connectivity index (χ0) is 29.1. The Morgan fingerprint density at radius 3 is 1.76 bits per heavy atom. The number of hydrogen-bond donors (Lipinski definition) is 3. The van der Waals surface area contributed by atoms with Crippen LogP contribution in [0.4, 0.5) is 14.4 Å². The van der Waals surface area contributed by atoms with Gasteiger partial charge in [-0.3, -0.25) is 14.5 Å². The third-order valence-corrected chi connectivity index (χ3v) is 4.50.